The van der Waals surface area contributed by atoms with Crippen molar-refractivity contribution in [1.29, 1.82) is 0 Å². The second-order valence-corrected chi connectivity index (χ2v) is 7.29. The van der Waals surface area contributed by atoms with Crippen molar-refractivity contribution in [1.82, 2.24) is 0 Å². The SMILES string of the molecule is CCC1CC(C)C2C1CC1C(C)CC(C)C12. The molecule has 8 unspecified atom stereocenters. The minimum Gasteiger partial charge on any atom is -0.0651 e. The predicted molar refractivity (Wildman–Crippen MR) is 69.1 cm³/mol. The highest BCUT2D eigenvalue weighted by Gasteiger charge is 2.57. The van der Waals surface area contributed by atoms with E-state index in [2.05, 4.69) is 27.7 Å². The molecule has 3 aliphatic carbocycles. The molecule has 3 fully saturated rings. The number of fused-ring (bicyclic) bond motifs is 3. The molecule has 0 spiro atoms. The molecular weight excluding hydrogens is 192 g/mol. The van der Waals surface area contributed by atoms with Crippen molar-refractivity contribution in [2.75, 3.05) is 0 Å². The van der Waals surface area contributed by atoms with Crippen molar-refractivity contribution >= 4 is 0 Å². The Morgan fingerprint density at radius 1 is 0.750 bits per heavy atom. The van der Waals surface area contributed by atoms with Crippen LogP contribution in [0.1, 0.15) is 53.4 Å². The Balaban J connectivity index is 1.87. The summed E-state index contributed by atoms with van der Waals surface area (Å²) in [4.78, 5) is 0. The van der Waals surface area contributed by atoms with E-state index in [9.17, 15) is 0 Å². The van der Waals surface area contributed by atoms with Crippen molar-refractivity contribution in [2.45, 2.75) is 53.4 Å². The van der Waals surface area contributed by atoms with Crippen LogP contribution in [-0.4, -0.2) is 0 Å². The molecule has 0 aromatic carbocycles. The summed E-state index contributed by atoms with van der Waals surface area (Å²) in [6.07, 6.45) is 6.08. The van der Waals surface area contributed by atoms with E-state index in [-0.39, 0.29) is 0 Å². The first-order valence-corrected chi connectivity index (χ1v) is 7.63. The Bertz CT molecular complexity index is 269. The van der Waals surface area contributed by atoms with Crippen molar-refractivity contribution in [2.24, 2.45) is 47.3 Å². The van der Waals surface area contributed by atoms with Gasteiger partial charge in [0, 0.05) is 0 Å². The van der Waals surface area contributed by atoms with Gasteiger partial charge < -0.3 is 0 Å². The topological polar surface area (TPSA) is 0 Å². The Morgan fingerprint density at radius 2 is 1.38 bits per heavy atom. The molecule has 0 aliphatic heterocycles. The van der Waals surface area contributed by atoms with Crippen LogP contribution in [0.5, 0.6) is 0 Å². The Labute approximate surface area is 101 Å². The summed E-state index contributed by atoms with van der Waals surface area (Å²) in [6.45, 7) is 10.0. The highest BCUT2D eigenvalue weighted by Crippen LogP contribution is 2.63. The summed E-state index contributed by atoms with van der Waals surface area (Å²) >= 11 is 0. The molecule has 92 valence electrons. The van der Waals surface area contributed by atoms with Crippen molar-refractivity contribution in [3.63, 3.8) is 0 Å². The van der Waals surface area contributed by atoms with Gasteiger partial charge in [-0.05, 0) is 66.6 Å². The quantitative estimate of drug-likeness (QED) is 0.606. The van der Waals surface area contributed by atoms with E-state index in [1.807, 2.05) is 0 Å². The fraction of sp³-hybridized carbons (Fsp3) is 1.00. The second-order valence-electron chi connectivity index (χ2n) is 7.29. The monoisotopic (exact) mass is 220 g/mol. The molecule has 3 saturated carbocycles. The molecule has 0 saturated heterocycles. The van der Waals surface area contributed by atoms with E-state index < -0.39 is 0 Å². The zero-order valence-corrected chi connectivity index (χ0v) is 11.4. The number of hydrogen-bond donors (Lipinski definition) is 0. The minimum atomic E-state index is 1.02. The van der Waals surface area contributed by atoms with Gasteiger partial charge in [-0.2, -0.15) is 0 Å². The smallest absolute Gasteiger partial charge is 0.0323 e. The van der Waals surface area contributed by atoms with Crippen LogP contribution in [0, 0.1) is 47.3 Å². The molecule has 8 atom stereocenters. The van der Waals surface area contributed by atoms with E-state index in [1.54, 1.807) is 6.42 Å². The van der Waals surface area contributed by atoms with E-state index in [4.69, 9.17) is 0 Å². The highest BCUT2D eigenvalue weighted by atomic mass is 14.6. The van der Waals surface area contributed by atoms with Crippen LogP contribution in [0.15, 0.2) is 0 Å². The molecule has 0 nitrogen and oxygen atoms in total. The van der Waals surface area contributed by atoms with E-state index in [0.29, 0.717) is 0 Å². The molecule has 3 aliphatic rings. The lowest BCUT2D eigenvalue weighted by molar-refractivity contribution is 0.216. The van der Waals surface area contributed by atoms with Gasteiger partial charge in [0.15, 0.2) is 0 Å². The maximum absolute atomic E-state index is 2.55. The normalized spacial score (nSPS) is 60.0. The Morgan fingerprint density at radius 3 is 2.06 bits per heavy atom. The molecule has 3 rings (SSSR count). The predicted octanol–water partition coefficient (Wildman–Crippen LogP) is 4.60. The van der Waals surface area contributed by atoms with Crippen LogP contribution in [0.25, 0.3) is 0 Å². The number of hydrogen-bond acceptors (Lipinski definition) is 0. The van der Waals surface area contributed by atoms with E-state index >= 15 is 0 Å². The largest absolute Gasteiger partial charge is 0.0651 e. The lowest BCUT2D eigenvalue weighted by Gasteiger charge is -2.26. The van der Waals surface area contributed by atoms with Gasteiger partial charge in [-0.15, -0.1) is 0 Å². The third-order valence-corrected chi connectivity index (χ3v) is 6.57. The third kappa shape index (κ3) is 1.34. The van der Waals surface area contributed by atoms with Gasteiger partial charge in [0.05, 0.1) is 0 Å². The number of rotatable bonds is 1. The van der Waals surface area contributed by atoms with Crippen LogP contribution in [0.4, 0.5) is 0 Å². The van der Waals surface area contributed by atoms with Crippen LogP contribution >= 0.6 is 0 Å². The van der Waals surface area contributed by atoms with Crippen LogP contribution in [-0.2, 0) is 0 Å². The average molecular weight is 220 g/mol. The van der Waals surface area contributed by atoms with Crippen molar-refractivity contribution < 1.29 is 0 Å². The molecule has 0 aromatic heterocycles. The Kier molecular flexibility index (Phi) is 2.60. The first-order chi connectivity index (χ1) is 7.63. The Hall–Kier alpha value is 0. The van der Waals surface area contributed by atoms with Gasteiger partial charge in [0.2, 0.25) is 0 Å². The van der Waals surface area contributed by atoms with Crippen molar-refractivity contribution in [3.05, 3.63) is 0 Å². The zero-order chi connectivity index (χ0) is 11.4. The summed E-state index contributed by atoms with van der Waals surface area (Å²) < 4.78 is 0. The van der Waals surface area contributed by atoms with E-state index in [1.165, 1.54) is 19.3 Å². The molecule has 0 bridgehead atoms. The van der Waals surface area contributed by atoms with Gasteiger partial charge in [-0.3, -0.25) is 0 Å². The van der Waals surface area contributed by atoms with E-state index in [0.717, 1.165) is 47.3 Å². The second kappa shape index (κ2) is 3.75. The lowest BCUT2D eigenvalue weighted by atomic mass is 9.79. The standard InChI is InChI=1S/C16H28/c1-5-12-7-11(4)16-14(12)8-13-9(2)6-10(3)15(13)16/h9-16H,5-8H2,1-4H3. The summed E-state index contributed by atoms with van der Waals surface area (Å²) in [7, 11) is 0. The van der Waals surface area contributed by atoms with Gasteiger partial charge >= 0.3 is 0 Å². The average Bonchev–Trinajstić information content (AvgIpc) is 2.83. The van der Waals surface area contributed by atoms with Gasteiger partial charge in [-0.25, -0.2) is 0 Å². The summed E-state index contributed by atoms with van der Waals surface area (Å²) in [5, 5.41) is 0. The molecule has 0 aromatic rings. The highest BCUT2D eigenvalue weighted by molar-refractivity contribution is 5.05. The summed E-state index contributed by atoms with van der Waals surface area (Å²) in [6, 6.07) is 0. The van der Waals surface area contributed by atoms with Gasteiger partial charge in [-0.1, -0.05) is 34.1 Å². The van der Waals surface area contributed by atoms with Gasteiger partial charge in [0.1, 0.15) is 0 Å². The zero-order valence-electron chi connectivity index (χ0n) is 11.4. The minimum absolute atomic E-state index is 1.02. The molecule has 0 heteroatoms. The molecule has 0 amide bonds. The van der Waals surface area contributed by atoms with Crippen molar-refractivity contribution in [3.8, 4) is 0 Å². The van der Waals surface area contributed by atoms with Crippen LogP contribution in [0.3, 0.4) is 0 Å². The lowest BCUT2D eigenvalue weighted by Crippen LogP contribution is -2.21. The molecular formula is C16H28. The first-order valence-electron chi connectivity index (χ1n) is 7.63. The van der Waals surface area contributed by atoms with Gasteiger partial charge in [0.25, 0.3) is 0 Å². The fourth-order valence-electron chi connectivity index (χ4n) is 6.12. The maximum Gasteiger partial charge on any atom is -0.0323 e. The fourth-order valence-corrected chi connectivity index (χ4v) is 6.12. The van der Waals surface area contributed by atoms with Crippen LogP contribution in [0.2, 0.25) is 0 Å². The summed E-state index contributed by atoms with van der Waals surface area (Å²) in [5.74, 6) is 8.56. The first kappa shape index (κ1) is 11.1. The molecule has 0 N–H and O–H groups in total. The molecule has 0 radical (unpaired) electrons. The maximum atomic E-state index is 2.55. The summed E-state index contributed by atoms with van der Waals surface area (Å²) in [5.41, 5.74) is 0. The van der Waals surface area contributed by atoms with Crippen LogP contribution < -0.4 is 0 Å². The molecule has 16 heavy (non-hydrogen) atoms. The molecule has 0 heterocycles. The third-order valence-electron chi connectivity index (χ3n) is 6.57.